The lowest BCUT2D eigenvalue weighted by Gasteiger charge is -2.22. The molecule has 0 atom stereocenters. The van der Waals surface area contributed by atoms with E-state index in [1.807, 2.05) is 30.0 Å². The molecule has 0 aliphatic carbocycles. The zero-order valence-corrected chi connectivity index (χ0v) is 11.1. The van der Waals surface area contributed by atoms with E-state index in [1.54, 1.807) is 0 Å². The van der Waals surface area contributed by atoms with Crippen LogP contribution in [0.1, 0.15) is 19.4 Å². The van der Waals surface area contributed by atoms with Crippen molar-refractivity contribution < 1.29 is 0 Å². The Morgan fingerprint density at radius 3 is 2.73 bits per heavy atom. The molecule has 0 unspecified atom stereocenters. The summed E-state index contributed by atoms with van der Waals surface area (Å²) >= 11 is 7.79. The van der Waals surface area contributed by atoms with Gasteiger partial charge in [0.2, 0.25) is 0 Å². The minimum Gasteiger partial charge on any atom is -0.311 e. The summed E-state index contributed by atoms with van der Waals surface area (Å²) in [5, 5.41) is 4.24. The number of nitrogens with one attached hydrogen (secondary N) is 1. The zero-order valence-electron chi connectivity index (χ0n) is 9.51. The maximum atomic E-state index is 5.91. The highest BCUT2D eigenvalue weighted by molar-refractivity contribution is 7.99. The highest BCUT2D eigenvalue weighted by atomic mass is 35.5. The lowest BCUT2D eigenvalue weighted by Crippen LogP contribution is -2.31. The van der Waals surface area contributed by atoms with E-state index >= 15 is 0 Å². The van der Waals surface area contributed by atoms with Gasteiger partial charge in [0, 0.05) is 22.9 Å². The van der Waals surface area contributed by atoms with Crippen molar-refractivity contribution in [3.05, 3.63) is 34.9 Å². The number of rotatable bonds is 5. The van der Waals surface area contributed by atoms with Crippen molar-refractivity contribution in [1.29, 1.82) is 0 Å². The summed E-state index contributed by atoms with van der Waals surface area (Å²) < 4.78 is 0.290. The van der Waals surface area contributed by atoms with Crippen LogP contribution in [0.25, 0.3) is 0 Å². The van der Waals surface area contributed by atoms with E-state index in [2.05, 4.69) is 31.5 Å². The lowest BCUT2D eigenvalue weighted by atomic mass is 10.2. The molecule has 0 radical (unpaired) electrons. The van der Waals surface area contributed by atoms with Gasteiger partial charge in [-0.1, -0.05) is 23.7 Å². The van der Waals surface area contributed by atoms with Crippen LogP contribution in [0.15, 0.2) is 24.3 Å². The molecule has 1 N–H and O–H groups in total. The molecule has 0 bridgehead atoms. The minimum atomic E-state index is 0.290. The molecule has 0 aliphatic rings. The van der Waals surface area contributed by atoms with E-state index in [9.17, 15) is 0 Å². The van der Waals surface area contributed by atoms with Crippen molar-refractivity contribution in [2.24, 2.45) is 0 Å². The predicted octanol–water partition coefficient (Wildman–Crippen LogP) is 3.57. The fourth-order valence-electron chi connectivity index (χ4n) is 1.23. The molecule has 1 rings (SSSR count). The Balaban J connectivity index is 2.38. The van der Waals surface area contributed by atoms with Gasteiger partial charge in [-0.3, -0.25) is 0 Å². The largest absolute Gasteiger partial charge is 0.311 e. The molecule has 0 aliphatic heterocycles. The Hall–Kier alpha value is -0.180. The van der Waals surface area contributed by atoms with E-state index in [-0.39, 0.29) is 0 Å². The van der Waals surface area contributed by atoms with Crippen LogP contribution in [-0.4, -0.2) is 17.5 Å². The molecular formula is C12H18ClNS. The second-order valence-corrected chi connectivity index (χ2v) is 6.15. The molecule has 1 nitrogen and oxygen atoms in total. The third-order valence-electron chi connectivity index (χ3n) is 2.32. The van der Waals surface area contributed by atoms with Crippen LogP contribution < -0.4 is 5.32 Å². The Kier molecular flexibility index (Phi) is 4.97. The van der Waals surface area contributed by atoms with Crippen molar-refractivity contribution in [3.8, 4) is 0 Å². The maximum Gasteiger partial charge on any atom is 0.0409 e. The van der Waals surface area contributed by atoms with E-state index < -0.39 is 0 Å². The molecular weight excluding hydrogens is 226 g/mol. The molecule has 0 saturated heterocycles. The van der Waals surface area contributed by atoms with Gasteiger partial charge in [-0.2, -0.15) is 11.8 Å². The van der Waals surface area contributed by atoms with Gasteiger partial charge in [0.15, 0.2) is 0 Å². The van der Waals surface area contributed by atoms with Gasteiger partial charge < -0.3 is 5.32 Å². The topological polar surface area (TPSA) is 12.0 Å². The number of hydrogen-bond donors (Lipinski definition) is 1. The van der Waals surface area contributed by atoms with Crippen LogP contribution >= 0.6 is 23.4 Å². The van der Waals surface area contributed by atoms with Gasteiger partial charge >= 0.3 is 0 Å². The standard InChI is InChI=1S/C12H18ClNS/c1-12(2,15-3)9-14-8-10-5-4-6-11(13)7-10/h4-7,14H,8-9H2,1-3H3. The molecule has 15 heavy (non-hydrogen) atoms. The first kappa shape index (κ1) is 12.9. The zero-order chi connectivity index (χ0) is 11.3. The molecule has 1 aromatic carbocycles. The summed E-state index contributed by atoms with van der Waals surface area (Å²) in [5.41, 5.74) is 1.24. The van der Waals surface area contributed by atoms with Gasteiger partial charge in [-0.15, -0.1) is 0 Å². The molecule has 0 amide bonds. The van der Waals surface area contributed by atoms with E-state index in [0.29, 0.717) is 4.75 Å². The molecule has 1 aromatic rings. The first-order valence-electron chi connectivity index (χ1n) is 5.04. The predicted molar refractivity (Wildman–Crippen MR) is 70.8 cm³/mol. The summed E-state index contributed by atoms with van der Waals surface area (Å²) in [5.74, 6) is 0. The van der Waals surface area contributed by atoms with Crippen molar-refractivity contribution in [2.45, 2.75) is 25.1 Å². The number of thioether (sulfide) groups is 1. The van der Waals surface area contributed by atoms with Crippen LogP contribution in [0.4, 0.5) is 0 Å². The summed E-state index contributed by atoms with van der Waals surface area (Å²) in [6.45, 7) is 6.36. The molecule has 84 valence electrons. The molecule has 0 aromatic heterocycles. The van der Waals surface area contributed by atoms with Crippen molar-refractivity contribution in [1.82, 2.24) is 5.32 Å². The quantitative estimate of drug-likeness (QED) is 0.849. The summed E-state index contributed by atoms with van der Waals surface area (Å²) in [7, 11) is 0. The van der Waals surface area contributed by atoms with Crippen molar-refractivity contribution >= 4 is 23.4 Å². The maximum absolute atomic E-state index is 5.91. The molecule has 0 heterocycles. The summed E-state index contributed by atoms with van der Waals surface area (Å²) in [6, 6.07) is 7.97. The average Bonchev–Trinajstić information content (AvgIpc) is 2.18. The normalized spacial score (nSPS) is 11.7. The van der Waals surface area contributed by atoms with E-state index in [1.165, 1.54) is 5.56 Å². The van der Waals surface area contributed by atoms with Crippen molar-refractivity contribution in [3.63, 3.8) is 0 Å². The van der Waals surface area contributed by atoms with Crippen LogP contribution in [0.3, 0.4) is 0 Å². The van der Waals surface area contributed by atoms with Gasteiger partial charge in [-0.25, -0.2) is 0 Å². The first-order chi connectivity index (χ1) is 7.03. The molecule has 3 heteroatoms. The van der Waals surface area contributed by atoms with Gasteiger partial charge in [0.25, 0.3) is 0 Å². The Morgan fingerprint density at radius 2 is 2.13 bits per heavy atom. The highest BCUT2D eigenvalue weighted by Gasteiger charge is 2.14. The summed E-state index contributed by atoms with van der Waals surface area (Å²) in [4.78, 5) is 0. The monoisotopic (exact) mass is 243 g/mol. The summed E-state index contributed by atoms with van der Waals surface area (Å²) in [6.07, 6.45) is 2.14. The molecule has 0 fully saturated rings. The Morgan fingerprint density at radius 1 is 1.40 bits per heavy atom. The van der Waals surface area contributed by atoms with Crippen LogP contribution in [0, 0.1) is 0 Å². The smallest absolute Gasteiger partial charge is 0.0409 e. The number of hydrogen-bond acceptors (Lipinski definition) is 2. The van der Waals surface area contributed by atoms with Gasteiger partial charge in [0.05, 0.1) is 0 Å². The SMILES string of the molecule is CSC(C)(C)CNCc1cccc(Cl)c1. The second-order valence-electron chi connectivity index (χ2n) is 4.20. The highest BCUT2D eigenvalue weighted by Crippen LogP contribution is 2.19. The number of benzene rings is 1. The first-order valence-corrected chi connectivity index (χ1v) is 6.64. The Labute approximate surface area is 102 Å². The second kappa shape index (κ2) is 5.78. The third kappa shape index (κ3) is 4.92. The van der Waals surface area contributed by atoms with Crippen LogP contribution in [0.2, 0.25) is 5.02 Å². The van der Waals surface area contributed by atoms with Crippen LogP contribution in [-0.2, 0) is 6.54 Å². The molecule has 0 spiro atoms. The van der Waals surface area contributed by atoms with Crippen molar-refractivity contribution in [2.75, 3.05) is 12.8 Å². The average molecular weight is 244 g/mol. The molecule has 0 saturated carbocycles. The van der Waals surface area contributed by atoms with Gasteiger partial charge in [-0.05, 0) is 37.8 Å². The van der Waals surface area contributed by atoms with E-state index in [4.69, 9.17) is 11.6 Å². The lowest BCUT2D eigenvalue weighted by molar-refractivity contribution is 0.591. The number of halogens is 1. The van der Waals surface area contributed by atoms with Gasteiger partial charge in [0.1, 0.15) is 0 Å². The van der Waals surface area contributed by atoms with Crippen LogP contribution in [0.5, 0.6) is 0 Å². The van der Waals surface area contributed by atoms with E-state index in [0.717, 1.165) is 18.1 Å². The fraction of sp³-hybridized carbons (Fsp3) is 0.500. The minimum absolute atomic E-state index is 0.290. The Bertz CT molecular complexity index is 312. The fourth-order valence-corrected chi connectivity index (χ4v) is 1.69. The third-order valence-corrected chi connectivity index (χ3v) is 3.81.